The zero-order chi connectivity index (χ0) is 18.1. The summed E-state index contributed by atoms with van der Waals surface area (Å²) >= 11 is 5.06. The summed E-state index contributed by atoms with van der Waals surface area (Å²) in [4.78, 5) is 14.3. The van der Waals surface area contributed by atoms with E-state index in [1.165, 1.54) is 11.3 Å². The van der Waals surface area contributed by atoms with Crippen LogP contribution in [0.4, 0.5) is 5.69 Å². The van der Waals surface area contributed by atoms with Crippen LogP contribution >= 0.6 is 27.7 Å². The highest BCUT2D eigenvalue weighted by molar-refractivity contribution is 9.10. The first-order chi connectivity index (χ1) is 12.1. The molecule has 0 saturated carbocycles. The fraction of sp³-hybridized carbons (Fsp3) is 0.350. The van der Waals surface area contributed by atoms with E-state index < -0.39 is 0 Å². The summed E-state index contributed by atoms with van der Waals surface area (Å²) < 4.78 is 1.08. The zero-order valence-electron chi connectivity index (χ0n) is 14.8. The molecule has 3 nitrogen and oxygen atoms in total. The van der Waals surface area contributed by atoms with Crippen LogP contribution in [0.1, 0.15) is 25.0 Å². The Balaban J connectivity index is 1.71. The first kappa shape index (κ1) is 19.9. The number of benzene rings is 2. The maximum Gasteiger partial charge on any atom is 0.230 e. The lowest BCUT2D eigenvalue weighted by Gasteiger charge is -2.21. The van der Waals surface area contributed by atoms with Crippen LogP contribution in [0.25, 0.3) is 0 Å². The number of carbonyl (C=O) groups excluding carboxylic acids is 1. The van der Waals surface area contributed by atoms with Crippen LogP contribution in [0, 0.1) is 0 Å². The fourth-order valence-electron chi connectivity index (χ4n) is 2.51. The number of nitrogens with zero attached hydrogens (tertiary/aromatic N) is 1. The van der Waals surface area contributed by atoms with Crippen molar-refractivity contribution in [2.75, 3.05) is 23.7 Å². The maximum atomic E-state index is 12.0. The molecule has 1 amide bonds. The smallest absolute Gasteiger partial charge is 0.230 e. The van der Waals surface area contributed by atoms with E-state index in [9.17, 15) is 4.79 Å². The van der Waals surface area contributed by atoms with Crippen LogP contribution in [0.15, 0.2) is 53.0 Å². The topological polar surface area (TPSA) is 32.3 Å². The van der Waals surface area contributed by atoms with Gasteiger partial charge >= 0.3 is 0 Å². The largest absolute Gasteiger partial charge is 0.372 e. The maximum absolute atomic E-state index is 12.0. The standard InChI is InChI=1S/C20H25BrN2OS/c1-3-23(4-2)19-11-7-16(8-12-19)13-22-20(24)15-25-14-17-5-9-18(21)10-6-17/h5-12H,3-4,13-15H2,1-2H3,(H,22,24). The third-order valence-corrected chi connectivity index (χ3v) is 5.50. The molecule has 0 radical (unpaired) electrons. The van der Waals surface area contributed by atoms with Crippen molar-refractivity contribution >= 4 is 39.3 Å². The van der Waals surface area contributed by atoms with Crippen molar-refractivity contribution in [3.63, 3.8) is 0 Å². The Morgan fingerprint density at radius 1 is 1.00 bits per heavy atom. The first-order valence-corrected chi connectivity index (χ1v) is 10.5. The second-order valence-corrected chi connectivity index (χ2v) is 7.64. The molecular formula is C20H25BrN2OS. The van der Waals surface area contributed by atoms with Crippen molar-refractivity contribution in [1.29, 1.82) is 0 Å². The van der Waals surface area contributed by atoms with E-state index in [-0.39, 0.29) is 5.91 Å². The first-order valence-electron chi connectivity index (χ1n) is 8.55. The lowest BCUT2D eigenvalue weighted by Crippen LogP contribution is -2.25. The highest BCUT2D eigenvalue weighted by Gasteiger charge is 2.04. The molecule has 0 aliphatic carbocycles. The van der Waals surface area contributed by atoms with Gasteiger partial charge in [0, 0.05) is 35.5 Å². The Labute approximate surface area is 163 Å². The van der Waals surface area contributed by atoms with Gasteiger partial charge in [-0.25, -0.2) is 0 Å². The Kier molecular flexibility index (Phi) is 8.35. The normalized spacial score (nSPS) is 10.5. The number of carbonyl (C=O) groups is 1. The van der Waals surface area contributed by atoms with E-state index in [1.807, 2.05) is 12.1 Å². The van der Waals surface area contributed by atoms with Gasteiger partial charge in [-0.05, 0) is 49.2 Å². The van der Waals surface area contributed by atoms with Crippen molar-refractivity contribution < 1.29 is 4.79 Å². The molecule has 2 rings (SSSR count). The van der Waals surface area contributed by atoms with Crippen molar-refractivity contribution in [3.05, 3.63) is 64.1 Å². The highest BCUT2D eigenvalue weighted by atomic mass is 79.9. The van der Waals surface area contributed by atoms with E-state index in [4.69, 9.17) is 0 Å². The summed E-state index contributed by atoms with van der Waals surface area (Å²) in [5.74, 6) is 1.40. The highest BCUT2D eigenvalue weighted by Crippen LogP contribution is 2.16. The number of halogens is 1. The van der Waals surface area contributed by atoms with E-state index in [1.54, 1.807) is 11.8 Å². The van der Waals surface area contributed by atoms with Crippen LogP contribution in [0.2, 0.25) is 0 Å². The number of thioether (sulfide) groups is 1. The molecule has 0 aromatic heterocycles. The molecular weight excluding hydrogens is 396 g/mol. The Bertz CT molecular complexity index is 654. The average molecular weight is 421 g/mol. The minimum atomic E-state index is 0.0786. The van der Waals surface area contributed by atoms with Crippen molar-refractivity contribution in [3.8, 4) is 0 Å². The number of anilines is 1. The molecule has 0 saturated heterocycles. The molecule has 0 aliphatic rings. The van der Waals surface area contributed by atoms with Crippen LogP contribution in [0.3, 0.4) is 0 Å². The van der Waals surface area contributed by atoms with E-state index in [0.717, 1.165) is 28.9 Å². The number of hydrogen-bond acceptors (Lipinski definition) is 3. The van der Waals surface area contributed by atoms with Crippen LogP contribution < -0.4 is 10.2 Å². The predicted molar refractivity (Wildman–Crippen MR) is 112 cm³/mol. The number of hydrogen-bond donors (Lipinski definition) is 1. The lowest BCUT2D eigenvalue weighted by molar-refractivity contribution is -0.118. The van der Waals surface area contributed by atoms with Gasteiger partial charge in [0.15, 0.2) is 0 Å². The summed E-state index contributed by atoms with van der Waals surface area (Å²) in [5, 5.41) is 2.99. The van der Waals surface area contributed by atoms with Gasteiger partial charge in [-0.3, -0.25) is 4.79 Å². The molecule has 0 aliphatic heterocycles. The molecule has 134 valence electrons. The third-order valence-electron chi connectivity index (χ3n) is 3.97. The summed E-state index contributed by atoms with van der Waals surface area (Å²) in [6, 6.07) is 16.6. The quantitative estimate of drug-likeness (QED) is 0.629. The third kappa shape index (κ3) is 6.75. The van der Waals surface area contributed by atoms with Gasteiger partial charge in [0.1, 0.15) is 0 Å². The molecule has 0 heterocycles. The van der Waals surface area contributed by atoms with Crippen LogP contribution in [-0.4, -0.2) is 24.7 Å². The van der Waals surface area contributed by atoms with E-state index in [2.05, 4.69) is 76.4 Å². The number of nitrogens with one attached hydrogen (secondary N) is 1. The van der Waals surface area contributed by atoms with Gasteiger partial charge in [0.05, 0.1) is 5.75 Å². The lowest BCUT2D eigenvalue weighted by atomic mass is 10.2. The second kappa shape index (κ2) is 10.5. The summed E-state index contributed by atoms with van der Waals surface area (Å²) in [7, 11) is 0. The fourth-order valence-corrected chi connectivity index (χ4v) is 3.59. The molecule has 2 aromatic rings. The Morgan fingerprint density at radius 2 is 1.60 bits per heavy atom. The second-order valence-electron chi connectivity index (χ2n) is 5.73. The number of amides is 1. The summed E-state index contributed by atoms with van der Waals surface area (Å²) in [5.41, 5.74) is 3.58. The van der Waals surface area contributed by atoms with Gasteiger partial charge in [0.2, 0.25) is 5.91 Å². The number of rotatable bonds is 9. The van der Waals surface area contributed by atoms with Gasteiger partial charge in [-0.2, -0.15) is 0 Å². The van der Waals surface area contributed by atoms with Gasteiger partial charge < -0.3 is 10.2 Å². The SMILES string of the molecule is CCN(CC)c1ccc(CNC(=O)CSCc2ccc(Br)cc2)cc1. The summed E-state index contributed by atoms with van der Waals surface area (Å²) in [6.07, 6.45) is 0. The Hall–Kier alpha value is -1.46. The molecule has 2 aromatic carbocycles. The van der Waals surface area contributed by atoms with Crippen LogP contribution in [-0.2, 0) is 17.1 Å². The predicted octanol–water partition coefficient (Wildman–Crippen LogP) is 4.84. The van der Waals surface area contributed by atoms with Crippen molar-refractivity contribution in [1.82, 2.24) is 5.32 Å². The van der Waals surface area contributed by atoms with Crippen molar-refractivity contribution in [2.45, 2.75) is 26.1 Å². The van der Waals surface area contributed by atoms with Gasteiger partial charge in [0.25, 0.3) is 0 Å². The van der Waals surface area contributed by atoms with Gasteiger partial charge in [-0.1, -0.05) is 40.2 Å². The molecule has 25 heavy (non-hydrogen) atoms. The van der Waals surface area contributed by atoms with E-state index in [0.29, 0.717) is 12.3 Å². The zero-order valence-corrected chi connectivity index (χ0v) is 17.2. The van der Waals surface area contributed by atoms with Gasteiger partial charge in [-0.15, -0.1) is 11.8 Å². The monoisotopic (exact) mass is 420 g/mol. The molecule has 0 fully saturated rings. The molecule has 0 unspecified atom stereocenters. The molecule has 0 atom stereocenters. The molecule has 5 heteroatoms. The average Bonchev–Trinajstić information content (AvgIpc) is 2.64. The van der Waals surface area contributed by atoms with E-state index >= 15 is 0 Å². The minimum absolute atomic E-state index is 0.0786. The minimum Gasteiger partial charge on any atom is -0.372 e. The molecule has 1 N–H and O–H groups in total. The van der Waals surface area contributed by atoms with Crippen LogP contribution in [0.5, 0.6) is 0 Å². The molecule has 0 bridgehead atoms. The Morgan fingerprint density at radius 3 is 2.20 bits per heavy atom. The van der Waals surface area contributed by atoms with Crippen molar-refractivity contribution in [2.24, 2.45) is 0 Å². The molecule has 0 spiro atoms. The summed E-state index contributed by atoms with van der Waals surface area (Å²) in [6.45, 7) is 6.90.